The van der Waals surface area contributed by atoms with Crippen molar-refractivity contribution in [2.24, 2.45) is 0 Å². The third-order valence-electron chi connectivity index (χ3n) is 5.13. The molecule has 154 valence electrons. The van der Waals surface area contributed by atoms with Crippen molar-refractivity contribution in [1.29, 1.82) is 0 Å². The summed E-state index contributed by atoms with van der Waals surface area (Å²) in [4.78, 5) is 24.7. The summed E-state index contributed by atoms with van der Waals surface area (Å²) < 4.78 is 11.8. The van der Waals surface area contributed by atoms with Crippen LogP contribution in [0.3, 0.4) is 0 Å². The molecule has 1 aliphatic heterocycles. The van der Waals surface area contributed by atoms with Gasteiger partial charge >= 0.3 is 0 Å². The minimum absolute atomic E-state index is 0.162. The molecule has 1 amide bonds. The molecule has 7 nitrogen and oxygen atoms in total. The highest BCUT2D eigenvalue weighted by molar-refractivity contribution is 5.86. The number of benzene rings is 3. The lowest BCUT2D eigenvalue weighted by Crippen LogP contribution is -2.33. The normalized spacial score (nSPS) is 12.1. The van der Waals surface area contributed by atoms with E-state index < -0.39 is 0 Å². The fraction of sp³-hybridized carbons (Fsp3) is 0.125. The number of aromatic nitrogens is 2. The summed E-state index contributed by atoms with van der Waals surface area (Å²) in [7, 11) is 0. The van der Waals surface area contributed by atoms with Gasteiger partial charge in [-0.25, -0.2) is 4.68 Å². The van der Waals surface area contributed by atoms with Crippen LogP contribution in [-0.4, -0.2) is 22.5 Å². The predicted octanol–water partition coefficient (Wildman–Crippen LogP) is 3.11. The van der Waals surface area contributed by atoms with Gasteiger partial charge in [0.2, 0.25) is 12.7 Å². The number of amides is 1. The van der Waals surface area contributed by atoms with Gasteiger partial charge in [0.25, 0.3) is 5.56 Å². The van der Waals surface area contributed by atoms with Crippen LogP contribution in [0.25, 0.3) is 22.0 Å². The van der Waals surface area contributed by atoms with Crippen LogP contribution in [0, 0.1) is 0 Å². The summed E-state index contributed by atoms with van der Waals surface area (Å²) in [5, 5.41) is 9.42. The molecule has 1 N–H and O–H groups in total. The maximum absolute atomic E-state index is 12.4. The second-order valence-electron chi connectivity index (χ2n) is 7.24. The monoisotopic (exact) mass is 413 g/mol. The minimum atomic E-state index is -0.331. The summed E-state index contributed by atoms with van der Waals surface area (Å²) in [6, 6.07) is 22.6. The first-order valence-corrected chi connectivity index (χ1v) is 9.88. The fourth-order valence-electron chi connectivity index (χ4n) is 3.51. The number of nitrogens with one attached hydrogen (secondary N) is 1. The van der Waals surface area contributed by atoms with Crippen LogP contribution in [0.15, 0.2) is 77.6 Å². The van der Waals surface area contributed by atoms with Gasteiger partial charge in [-0.05, 0) is 40.6 Å². The molecule has 0 saturated carbocycles. The molecule has 0 atom stereocenters. The Labute approximate surface area is 177 Å². The molecule has 0 fully saturated rings. The summed E-state index contributed by atoms with van der Waals surface area (Å²) in [5.41, 5.74) is 2.06. The van der Waals surface area contributed by atoms with Crippen LogP contribution >= 0.6 is 0 Å². The molecule has 0 unspecified atom stereocenters. The van der Waals surface area contributed by atoms with E-state index in [9.17, 15) is 9.59 Å². The molecule has 1 aromatic heterocycles. The van der Waals surface area contributed by atoms with Crippen LogP contribution in [0.4, 0.5) is 0 Å². The van der Waals surface area contributed by atoms with E-state index in [1.165, 1.54) is 10.7 Å². The molecule has 2 heterocycles. The van der Waals surface area contributed by atoms with Gasteiger partial charge in [0.05, 0.1) is 5.69 Å². The predicted molar refractivity (Wildman–Crippen MR) is 116 cm³/mol. The summed E-state index contributed by atoms with van der Waals surface area (Å²) in [6.07, 6.45) is 0. The number of rotatable bonds is 5. The molecule has 0 bridgehead atoms. The average Bonchev–Trinajstić information content (AvgIpc) is 3.27. The zero-order chi connectivity index (χ0) is 21.2. The molecular formula is C24H19N3O4. The van der Waals surface area contributed by atoms with E-state index in [0.29, 0.717) is 23.7 Å². The van der Waals surface area contributed by atoms with Crippen molar-refractivity contribution < 1.29 is 14.3 Å². The highest BCUT2D eigenvalue weighted by atomic mass is 16.7. The largest absolute Gasteiger partial charge is 0.454 e. The van der Waals surface area contributed by atoms with Crippen molar-refractivity contribution in [2.75, 3.05) is 6.79 Å². The average molecular weight is 413 g/mol. The molecule has 0 aliphatic carbocycles. The number of nitrogens with zero attached hydrogens (tertiary/aromatic N) is 2. The van der Waals surface area contributed by atoms with E-state index in [2.05, 4.69) is 10.4 Å². The van der Waals surface area contributed by atoms with E-state index in [1.54, 1.807) is 6.07 Å². The Kier molecular flexibility index (Phi) is 4.84. The van der Waals surface area contributed by atoms with E-state index in [0.717, 1.165) is 21.9 Å². The topological polar surface area (TPSA) is 82.5 Å². The van der Waals surface area contributed by atoms with Crippen LogP contribution in [0.2, 0.25) is 0 Å². The maximum atomic E-state index is 12.4. The first-order chi connectivity index (χ1) is 15.2. The number of carbonyl (C=O) groups excluding carboxylic acids is 1. The van der Waals surface area contributed by atoms with Crippen molar-refractivity contribution in [3.8, 4) is 22.8 Å². The SMILES string of the molecule is O=C(Cn1nc(-c2ccc3ccccc3c2)ccc1=O)NCc1ccc2c(c1)OCO2. The Morgan fingerprint density at radius 1 is 0.935 bits per heavy atom. The van der Waals surface area contributed by atoms with Crippen molar-refractivity contribution in [3.05, 3.63) is 88.7 Å². The minimum Gasteiger partial charge on any atom is -0.454 e. The van der Waals surface area contributed by atoms with Gasteiger partial charge in [-0.2, -0.15) is 5.10 Å². The van der Waals surface area contributed by atoms with Gasteiger partial charge < -0.3 is 14.8 Å². The maximum Gasteiger partial charge on any atom is 0.267 e. The quantitative estimate of drug-likeness (QED) is 0.544. The Bertz CT molecular complexity index is 1350. The second kappa shape index (κ2) is 7.95. The van der Waals surface area contributed by atoms with E-state index in [4.69, 9.17) is 9.47 Å². The Morgan fingerprint density at radius 2 is 1.77 bits per heavy atom. The van der Waals surface area contributed by atoms with Crippen molar-refractivity contribution >= 4 is 16.7 Å². The molecule has 7 heteroatoms. The Hall–Kier alpha value is -4.13. The molecule has 0 radical (unpaired) electrons. The molecule has 5 rings (SSSR count). The third-order valence-corrected chi connectivity index (χ3v) is 5.13. The van der Waals surface area contributed by atoms with Crippen LogP contribution < -0.4 is 20.3 Å². The van der Waals surface area contributed by atoms with Crippen molar-refractivity contribution in [3.63, 3.8) is 0 Å². The first kappa shape index (κ1) is 18.9. The summed E-state index contributed by atoms with van der Waals surface area (Å²) >= 11 is 0. The van der Waals surface area contributed by atoms with Gasteiger partial charge in [0.1, 0.15) is 6.54 Å². The highest BCUT2D eigenvalue weighted by Gasteiger charge is 2.14. The lowest BCUT2D eigenvalue weighted by Gasteiger charge is -2.09. The van der Waals surface area contributed by atoms with Gasteiger partial charge in [-0.15, -0.1) is 0 Å². The highest BCUT2D eigenvalue weighted by Crippen LogP contribution is 2.32. The zero-order valence-electron chi connectivity index (χ0n) is 16.6. The number of fused-ring (bicyclic) bond motifs is 2. The molecule has 31 heavy (non-hydrogen) atoms. The lowest BCUT2D eigenvalue weighted by molar-refractivity contribution is -0.122. The number of hydrogen-bond donors (Lipinski definition) is 1. The number of ether oxygens (including phenoxy) is 2. The zero-order valence-corrected chi connectivity index (χ0v) is 16.6. The molecule has 4 aromatic rings. The molecule has 0 spiro atoms. The van der Waals surface area contributed by atoms with Gasteiger partial charge in [-0.3, -0.25) is 9.59 Å². The number of carbonyl (C=O) groups is 1. The standard InChI is InChI=1S/C24H19N3O4/c28-23(25-13-16-5-9-21-22(11-16)31-15-30-21)14-27-24(29)10-8-20(26-27)19-7-6-17-3-1-2-4-18(17)12-19/h1-12H,13-15H2,(H,25,28). The second-order valence-corrected chi connectivity index (χ2v) is 7.24. The molecule has 1 aliphatic rings. The van der Waals surface area contributed by atoms with Gasteiger partial charge in [-0.1, -0.05) is 42.5 Å². The van der Waals surface area contributed by atoms with Crippen molar-refractivity contribution in [1.82, 2.24) is 15.1 Å². The van der Waals surface area contributed by atoms with Crippen LogP contribution in [-0.2, 0) is 17.9 Å². The Morgan fingerprint density at radius 3 is 2.68 bits per heavy atom. The molecular weight excluding hydrogens is 394 g/mol. The summed E-state index contributed by atoms with van der Waals surface area (Å²) in [5.74, 6) is 1.05. The smallest absolute Gasteiger partial charge is 0.267 e. The molecule has 0 saturated heterocycles. The molecule has 3 aromatic carbocycles. The van der Waals surface area contributed by atoms with Crippen LogP contribution in [0.1, 0.15) is 5.56 Å². The van der Waals surface area contributed by atoms with Gasteiger partial charge in [0.15, 0.2) is 11.5 Å². The number of hydrogen-bond acceptors (Lipinski definition) is 5. The van der Waals surface area contributed by atoms with E-state index in [1.807, 2.05) is 60.7 Å². The Balaban J connectivity index is 1.30. The van der Waals surface area contributed by atoms with E-state index >= 15 is 0 Å². The van der Waals surface area contributed by atoms with Crippen molar-refractivity contribution in [2.45, 2.75) is 13.1 Å². The lowest BCUT2D eigenvalue weighted by atomic mass is 10.1. The fourth-order valence-corrected chi connectivity index (χ4v) is 3.51. The first-order valence-electron chi connectivity index (χ1n) is 9.88. The summed E-state index contributed by atoms with van der Waals surface area (Å²) in [6.45, 7) is 0.354. The van der Waals surface area contributed by atoms with Crippen LogP contribution in [0.5, 0.6) is 11.5 Å². The van der Waals surface area contributed by atoms with E-state index in [-0.39, 0.29) is 24.8 Å². The third kappa shape index (κ3) is 3.98. The van der Waals surface area contributed by atoms with Gasteiger partial charge in [0, 0.05) is 18.2 Å².